The van der Waals surface area contributed by atoms with Gasteiger partial charge in [-0.2, -0.15) is 0 Å². The Hall–Kier alpha value is -2.66. The zero-order valence-corrected chi connectivity index (χ0v) is 13.5. The number of aliphatic carboxylic acids is 1. The lowest BCUT2D eigenvalue weighted by molar-refractivity contribution is -0.144. The van der Waals surface area contributed by atoms with Gasteiger partial charge < -0.3 is 15.2 Å². The lowest BCUT2D eigenvalue weighted by Gasteiger charge is -2.18. The molecule has 2 rings (SSSR count). The van der Waals surface area contributed by atoms with Gasteiger partial charge in [-0.15, -0.1) is 0 Å². The van der Waals surface area contributed by atoms with E-state index in [1.807, 2.05) is 60.7 Å². The minimum atomic E-state index is -1.07. The van der Waals surface area contributed by atoms with Crippen molar-refractivity contribution in [2.45, 2.75) is 32.1 Å². The van der Waals surface area contributed by atoms with Crippen LogP contribution in [0.25, 0.3) is 0 Å². The Kier molecular flexibility index (Phi) is 6.51. The molecule has 0 aromatic heterocycles. The first-order chi connectivity index (χ1) is 11.6. The van der Waals surface area contributed by atoms with Gasteiger partial charge in [0.15, 0.2) is 0 Å². The predicted molar refractivity (Wildman–Crippen MR) is 90.4 cm³/mol. The van der Waals surface area contributed by atoms with Crippen LogP contribution in [-0.2, 0) is 27.4 Å². The molecule has 5 nitrogen and oxygen atoms in total. The molecule has 1 amide bonds. The normalized spacial score (nSPS) is 13.0. The summed E-state index contributed by atoms with van der Waals surface area (Å²) in [7, 11) is 0. The van der Waals surface area contributed by atoms with Crippen LogP contribution in [0, 0.1) is 0 Å². The van der Waals surface area contributed by atoms with Gasteiger partial charge in [0.25, 0.3) is 0 Å². The van der Waals surface area contributed by atoms with E-state index in [0.717, 1.165) is 11.1 Å². The Morgan fingerprint density at radius 1 is 1.00 bits per heavy atom. The minimum Gasteiger partial charge on any atom is -0.480 e. The highest BCUT2D eigenvalue weighted by atomic mass is 16.5. The summed E-state index contributed by atoms with van der Waals surface area (Å²) >= 11 is 0. The molecule has 2 aromatic carbocycles. The first-order valence-electron chi connectivity index (χ1n) is 7.79. The van der Waals surface area contributed by atoms with Crippen molar-refractivity contribution < 1.29 is 19.4 Å². The van der Waals surface area contributed by atoms with E-state index in [-0.39, 0.29) is 6.42 Å². The number of carbonyl (C=O) groups is 2. The lowest BCUT2D eigenvalue weighted by atomic mass is 10.1. The lowest BCUT2D eigenvalue weighted by Crippen LogP contribution is -2.46. The van der Waals surface area contributed by atoms with Gasteiger partial charge in [-0.3, -0.25) is 4.79 Å². The monoisotopic (exact) mass is 327 g/mol. The molecule has 0 heterocycles. The van der Waals surface area contributed by atoms with Crippen LogP contribution >= 0.6 is 0 Å². The summed E-state index contributed by atoms with van der Waals surface area (Å²) in [5, 5.41) is 11.9. The highest BCUT2D eigenvalue weighted by Gasteiger charge is 2.23. The van der Waals surface area contributed by atoms with Gasteiger partial charge in [0.2, 0.25) is 5.91 Å². The minimum absolute atomic E-state index is 0.229. The van der Waals surface area contributed by atoms with E-state index in [1.54, 1.807) is 6.92 Å². The maximum absolute atomic E-state index is 12.2. The number of carbonyl (C=O) groups excluding carboxylic acids is 1. The molecule has 5 heteroatoms. The molecule has 0 saturated carbocycles. The number of rotatable bonds is 8. The number of carboxylic acid groups (broad SMARTS) is 1. The van der Waals surface area contributed by atoms with Crippen molar-refractivity contribution in [1.82, 2.24) is 5.32 Å². The maximum Gasteiger partial charge on any atom is 0.326 e. The summed E-state index contributed by atoms with van der Waals surface area (Å²) in [5.41, 5.74) is 1.80. The van der Waals surface area contributed by atoms with Crippen molar-refractivity contribution in [1.29, 1.82) is 0 Å². The number of carboxylic acids is 1. The maximum atomic E-state index is 12.2. The molecule has 0 saturated heterocycles. The van der Waals surface area contributed by atoms with Gasteiger partial charge in [-0.05, 0) is 18.1 Å². The van der Waals surface area contributed by atoms with E-state index >= 15 is 0 Å². The van der Waals surface area contributed by atoms with Crippen LogP contribution in [0.2, 0.25) is 0 Å². The summed E-state index contributed by atoms with van der Waals surface area (Å²) in [6.07, 6.45) is -0.504. The van der Waals surface area contributed by atoms with Crippen molar-refractivity contribution in [2.75, 3.05) is 0 Å². The number of ether oxygens (including phenoxy) is 1. The zero-order chi connectivity index (χ0) is 17.4. The second-order valence-corrected chi connectivity index (χ2v) is 5.53. The number of amides is 1. The van der Waals surface area contributed by atoms with E-state index < -0.39 is 24.0 Å². The zero-order valence-electron chi connectivity index (χ0n) is 13.5. The van der Waals surface area contributed by atoms with Gasteiger partial charge in [-0.1, -0.05) is 60.7 Å². The van der Waals surface area contributed by atoms with Gasteiger partial charge >= 0.3 is 5.97 Å². The third kappa shape index (κ3) is 5.52. The molecule has 0 fully saturated rings. The Balaban J connectivity index is 1.88. The summed E-state index contributed by atoms with van der Waals surface area (Å²) in [6, 6.07) is 17.7. The fraction of sp³-hybridized carbons (Fsp3) is 0.263. The Bertz CT molecular complexity index is 658. The molecular formula is C19H21NO4. The fourth-order valence-corrected chi connectivity index (χ4v) is 2.21. The Labute approximate surface area is 141 Å². The SMILES string of the molecule is CC(OCc1ccccc1)C(=O)N[C@H](Cc1ccccc1)C(=O)O. The van der Waals surface area contributed by atoms with E-state index in [2.05, 4.69) is 5.32 Å². The number of hydrogen-bond acceptors (Lipinski definition) is 3. The summed E-state index contributed by atoms with van der Waals surface area (Å²) in [5.74, 6) is -1.50. The molecule has 126 valence electrons. The van der Waals surface area contributed by atoms with Gasteiger partial charge in [0.1, 0.15) is 12.1 Å². The molecule has 0 radical (unpaired) electrons. The van der Waals surface area contributed by atoms with E-state index in [0.29, 0.717) is 6.61 Å². The highest BCUT2D eigenvalue weighted by Crippen LogP contribution is 2.06. The molecule has 2 atom stereocenters. The molecule has 0 aliphatic carbocycles. The van der Waals surface area contributed by atoms with Crippen molar-refractivity contribution >= 4 is 11.9 Å². The Morgan fingerprint density at radius 3 is 2.08 bits per heavy atom. The number of nitrogens with one attached hydrogen (secondary N) is 1. The first kappa shape index (κ1) is 17.7. The summed E-state index contributed by atoms with van der Waals surface area (Å²) in [4.78, 5) is 23.6. The van der Waals surface area contributed by atoms with Crippen LogP contribution in [0.3, 0.4) is 0 Å². The van der Waals surface area contributed by atoms with Crippen LogP contribution in [-0.4, -0.2) is 29.1 Å². The third-order valence-corrected chi connectivity index (χ3v) is 3.61. The predicted octanol–water partition coefficient (Wildman–Crippen LogP) is 2.40. The van der Waals surface area contributed by atoms with Crippen molar-refractivity contribution in [2.24, 2.45) is 0 Å². The van der Waals surface area contributed by atoms with Gasteiger partial charge in [0, 0.05) is 6.42 Å². The number of hydrogen-bond donors (Lipinski definition) is 2. The van der Waals surface area contributed by atoms with Crippen LogP contribution in [0.15, 0.2) is 60.7 Å². The average molecular weight is 327 g/mol. The third-order valence-electron chi connectivity index (χ3n) is 3.61. The van der Waals surface area contributed by atoms with Crippen molar-refractivity contribution in [3.8, 4) is 0 Å². The largest absolute Gasteiger partial charge is 0.480 e. The fourth-order valence-electron chi connectivity index (χ4n) is 2.21. The molecule has 1 unspecified atom stereocenters. The van der Waals surface area contributed by atoms with Crippen LogP contribution < -0.4 is 5.32 Å². The van der Waals surface area contributed by atoms with Gasteiger partial charge in [-0.25, -0.2) is 4.79 Å². The second-order valence-electron chi connectivity index (χ2n) is 5.53. The van der Waals surface area contributed by atoms with Gasteiger partial charge in [0.05, 0.1) is 6.61 Å². The average Bonchev–Trinajstić information content (AvgIpc) is 2.60. The molecular weight excluding hydrogens is 306 g/mol. The van der Waals surface area contributed by atoms with Crippen LogP contribution in [0.5, 0.6) is 0 Å². The Morgan fingerprint density at radius 2 is 1.54 bits per heavy atom. The van der Waals surface area contributed by atoms with Crippen LogP contribution in [0.4, 0.5) is 0 Å². The summed E-state index contributed by atoms with van der Waals surface area (Å²) < 4.78 is 5.52. The molecule has 0 aliphatic rings. The number of benzene rings is 2. The topological polar surface area (TPSA) is 75.6 Å². The summed E-state index contributed by atoms with van der Waals surface area (Å²) in [6.45, 7) is 1.91. The molecule has 0 bridgehead atoms. The molecule has 2 aromatic rings. The smallest absolute Gasteiger partial charge is 0.326 e. The van der Waals surface area contributed by atoms with Crippen molar-refractivity contribution in [3.05, 3.63) is 71.8 Å². The highest BCUT2D eigenvalue weighted by molar-refractivity contribution is 5.86. The standard InChI is InChI=1S/C19H21NO4/c1-14(24-13-16-10-6-3-7-11-16)18(21)20-17(19(22)23)12-15-8-4-2-5-9-15/h2-11,14,17H,12-13H2,1H3,(H,20,21)(H,22,23)/t14?,17-/m1/s1. The second kappa shape index (κ2) is 8.84. The van der Waals surface area contributed by atoms with Crippen molar-refractivity contribution in [3.63, 3.8) is 0 Å². The van der Waals surface area contributed by atoms with E-state index in [4.69, 9.17) is 4.74 Å². The van der Waals surface area contributed by atoms with Crippen LogP contribution in [0.1, 0.15) is 18.1 Å². The molecule has 0 aliphatic heterocycles. The molecule has 24 heavy (non-hydrogen) atoms. The molecule has 0 spiro atoms. The molecule has 2 N–H and O–H groups in total. The quantitative estimate of drug-likeness (QED) is 0.781. The van der Waals surface area contributed by atoms with E-state index in [1.165, 1.54) is 0 Å². The first-order valence-corrected chi connectivity index (χ1v) is 7.79. The van der Waals surface area contributed by atoms with E-state index in [9.17, 15) is 14.7 Å².